The van der Waals surface area contributed by atoms with Crippen LogP contribution >= 0.6 is 0 Å². The molecule has 2 heterocycles. The number of rotatable bonds is 5. The van der Waals surface area contributed by atoms with Gasteiger partial charge >= 0.3 is 0 Å². The Labute approximate surface area is 117 Å². The number of aromatic nitrogens is 2. The molecule has 0 bridgehead atoms. The van der Waals surface area contributed by atoms with Gasteiger partial charge in [-0.25, -0.2) is 4.98 Å². The van der Waals surface area contributed by atoms with E-state index in [0.717, 1.165) is 11.6 Å². The highest BCUT2D eigenvalue weighted by molar-refractivity contribution is 5.30. The van der Waals surface area contributed by atoms with Crippen LogP contribution in [0.1, 0.15) is 51.8 Å². The minimum Gasteiger partial charge on any atom is -0.353 e. The molecule has 4 nitrogen and oxygen atoms in total. The fourth-order valence-corrected chi connectivity index (χ4v) is 2.90. The highest BCUT2D eigenvalue weighted by Crippen LogP contribution is 2.26. The molecule has 1 saturated heterocycles. The first-order valence-corrected chi connectivity index (χ1v) is 7.64. The molecule has 4 heteroatoms. The average molecular weight is 264 g/mol. The van der Waals surface area contributed by atoms with Gasteiger partial charge in [0.25, 0.3) is 0 Å². The quantitative estimate of drug-likeness (QED) is 0.887. The standard InChI is InChI=1S/C15H28N4/c1-5-8-18-9-6-14(7-10-18)19-11-13(4)17-15(19)16-12(2)3/h11-12,14H,5-10H2,1-4H3,(H,16,17). The SMILES string of the molecule is CCCN1CCC(n2cc(C)nc2NC(C)C)CC1. The van der Waals surface area contributed by atoms with E-state index >= 15 is 0 Å². The van der Waals surface area contributed by atoms with Crippen molar-refractivity contribution in [3.8, 4) is 0 Å². The van der Waals surface area contributed by atoms with Gasteiger partial charge < -0.3 is 14.8 Å². The topological polar surface area (TPSA) is 33.1 Å². The van der Waals surface area contributed by atoms with Crippen LogP contribution in [0, 0.1) is 6.92 Å². The number of anilines is 1. The monoisotopic (exact) mass is 264 g/mol. The van der Waals surface area contributed by atoms with E-state index in [-0.39, 0.29) is 0 Å². The van der Waals surface area contributed by atoms with Crippen molar-refractivity contribution < 1.29 is 0 Å². The lowest BCUT2D eigenvalue weighted by Gasteiger charge is -2.33. The Bertz CT molecular complexity index is 389. The molecule has 1 aliphatic heterocycles. The number of nitrogens with one attached hydrogen (secondary N) is 1. The van der Waals surface area contributed by atoms with Gasteiger partial charge in [0.05, 0.1) is 5.69 Å². The molecule has 0 saturated carbocycles. The number of imidazole rings is 1. The van der Waals surface area contributed by atoms with Crippen LogP contribution in [0.5, 0.6) is 0 Å². The van der Waals surface area contributed by atoms with Gasteiger partial charge in [-0.15, -0.1) is 0 Å². The summed E-state index contributed by atoms with van der Waals surface area (Å²) >= 11 is 0. The van der Waals surface area contributed by atoms with Crippen molar-refractivity contribution in [2.45, 2.75) is 59.0 Å². The van der Waals surface area contributed by atoms with E-state index in [2.05, 4.69) is 53.7 Å². The molecule has 0 aliphatic carbocycles. The second-order valence-corrected chi connectivity index (χ2v) is 5.99. The van der Waals surface area contributed by atoms with Crippen molar-refractivity contribution in [3.05, 3.63) is 11.9 Å². The zero-order chi connectivity index (χ0) is 13.8. The predicted octanol–water partition coefficient (Wildman–Crippen LogP) is 3.06. The van der Waals surface area contributed by atoms with Crippen molar-refractivity contribution in [3.63, 3.8) is 0 Å². The summed E-state index contributed by atoms with van der Waals surface area (Å²) in [5.74, 6) is 1.04. The van der Waals surface area contributed by atoms with E-state index in [4.69, 9.17) is 0 Å². The number of nitrogens with zero attached hydrogens (tertiary/aromatic N) is 3. The first-order chi connectivity index (χ1) is 9.10. The van der Waals surface area contributed by atoms with Crippen LogP contribution < -0.4 is 5.32 Å². The molecule has 108 valence electrons. The molecule has 1 aliphatic rings. The third-order valence-electron chi connectivity index (χ3n) is 3.76. The Balaban J connectivity index is 2.02. The number of aryl methyl sites for hydroxylation is 1. The van der Waals surface area contributed by atoms with Gasteiger partial charge in [0.2, 0.25) is 5.95 Å². The predicted molar refractivity (Wildman–Crippen MR) is 80.7 cm³/mol. The summed E-state index contributed by atoms with van der Waals surface area (Å²) in [4.78, 5) is 7.20. The lowest BCUT2D eigenvalue weighted by atomic mass is 10.0. The highest BCUT2D eigenvalue weighted by atomic mass is 15.2. The molecular formula is C15H28N4. The van der Waals surface area contributed by atoms with Crippen LogP contribution in [0.15, 0.2) is 6.20 Å². The van der Waals surface area contributed by atoms with Crippen LogP contribution in [0.2, 0.25) is 0 Å². The molecule has 0 unspecified atom stereocenters. The summed E-state index contributed by atoms with van der Waals surface area (Å²) in [6.45, 7) is 12.3. The van der Waals surface area contributed by atoms with Crippen molar-refractivity contribution in [2.75, 3.05) is 25.0 Å². The normalized spacial score (nSPS) is 18.2. The van der Waals surface area contributed by atoms with E-state index in [9.17, 15) is 0 Å². The third-order valence-corrected chi connectivity index (χ3v) is 3.76. The Morgan fingerprint density at radius 2 is 2.05 bits per heavy atom. The van der Waals surface area contributed by atoms with Gasteiger partial charge in [0, 0.05) is 31.4 Å². The Morgan fingerprint density at radius 1 is 1.37 bits per heavy atom. The summed E-state index contributed by atoms with van der Waals surface area (Å²) in [7, 11) is 0. The van der Waals surface area contributed by atoms with Gasteiger partial charge in [-0.2, -0.15) is 0 Å². The first-order valence-electron chi connectivity index (χ1n) is 7.64. The molecule has 1 fully saturated rings. The van der Waals surface area contributed by atoms with Gasteiger partial charge in [-0.05, 0) is 46.6 Å². The van der Waals surface area contributed by atoms with Crippen molar-refractivity contribution in [2.24, 2.45) is 0 Å². The lowest BCUT2D eigenvalue weighted by molar-refractivity contribution is 0.187. The minimum absolute atomic E-state index is 0.431. The fraction of sp³-hybridized carbons (Fsp3) is 0.800. The van der Waals surface area contributed by atoms with Crippen LogP contribution in [0.3, 0.4) is 0 Å². The number of hydrogen-bond acceptors (Lipinski definition) is 3. The number of likely N-dealkylation sites (tertiary alicyclic amines) is 1. The number of hydrogen-bond donors (Lipinski definition) is 1. The summed E-state index contributed by atoms with van der Waals surface area (Å²) in [6, 6.07) is 1.04. The molecule has 0 atom stereocenters. The second kappa shape index (κ2) is 6.42. The second-order valence-electron chi connectivity index (χ2n) is 5.99. The Morgan fingerprint density at radius 3 is 2.63 bits per heavy atom. The molecule has 2 rings (SSSR count). The molecule has 0 radical (unpaired) electrons. The molecule has 1 aromatic rings. The van der Waals surface area contributed by atoms with Crippen LogP contribution in [-0.2, 0) is 0 Å². The first kappa shape index (κ1) is 14.4. The molecular weight excluding hydrogens is 236 g/mol. The van der Waals surface area contributed by atoms with Crippen molar-refractivity contribution in [1.82, 2.24) is 14.5 Å². The molecule has 0 amide bonds. The maximum absolute atomic E-state index is 4.62. The maximum Gasteiger partial charge on any atom is 0.203 e. The molecule has 1 N–H and O–H groups in total. The summed E-state index contributed by atoms with van der Waals surface area (Å²) in [6.07, 6.45) is 5.94. The van der Waals surface area contributed by atoms with Crippen molar-refractivity contribution >= 4 is 5.95 Å². The molecule has 0 spiro atoms. The van der Waals surface area contributed by atoms with Gasteiger partial charge in [0.1, 0.15) is 0 Å². The van der Waals surface area contributed by atoms with Gasteiger partial charge in [0.15, 0.2) is 0 Å². The summed E-state index contributed by atoms with van der Waals surface area (Å²) < 4.78 is 2.36. The zero-order valence-electron chi connectivity index (χ0n) is 12.8. The van der Waals surface area contributed by atoms with Gasteiger partial charge in [-0.3, -0.25) is 0 Å². The van der Waals surface area contributed by atoms with E-state index in [1.165, 1.54) is 38.9 Å². The zero-order valence-corrected chi connectivity index (χ0v) is 12.8. The van der Waals surface area contributed by atoms with Crippen LogP contribution in [0.25, 0.3) is 0 Å². The third kappa shape index (κ3) is 3.72. The number of piperidine rings is 1. The Hall–Kier alpha value is -1.03. The lowest BCUT2D eigenvalue weighted by Crippen LogP contribution is -2.35. The van der Waals surface area contributed by atoms with Gasteiger partial charge in [-0.1, -0.05) is 6.92 Å². The van der Waals surface area contributed by atoms with E-state index in [1.54, 1.807) is 0 Å². The summed E-state index contributed by atoms with van der Waals surface area (Å²) in [5.41, 5.74) is 1.11. The maximum atomic E-state index is 4.62. The van der Waals surface area contributed by atoms with Crippen molar-refractivity contribution in [1.29, 1.82) is 0 Å². The molecule has 19 heavy (non-hydrogen) atoms. The van der Waals surface area contributed by atoms with E-state index in [1.807, 2.05) is 0 Å². The van der Waals surface area contributed by atoms with E-state index < -0.39 is 0 Å². The largest absolute Gasteiger partial charge is 0.353 e. The Kier molecular flexibility index (Phi) is 4.86. The molecule has 1 aromatic heterocycles. The fourth-order valence-electron chi connectivity index (χ4n) is 2.90. The molecule has 0 aromatic carbocycles. The highest BCUT2D eigenvalue weighted by Gasteiger charge is 2.22. The van der Waals surface area contributed by atoms with Crippen LogP contribution in [-0.4, -0.2) is 40.1 Å². The van der Waals surface area contributed by atoms with E-state index in [0.29, 0.717) is 12.1 Å². The summed E-state index contributed by atoms with van der Waals surface area (Å²) in [5, 5.41) is 3.47. The van der Waals surface area contributed by atoms with Crippen LogP contribution in [0.4, 0.5) is 5.95 Å². The smallest absolute Gasteiger partial charge is 0.203 e. The average Bonchev–Trinajstić information content (AvgIpc) is 2.71. The minimum atomic E-state index is 0.431.